The predicted octanol–water partition coefficient (Wildman–Crippen LogP) is 4.68. The molecule has 0 aliphatic heterocycles. The van der Waals surface area contributed by atoms with Gasteiger partial charge >= 0.3 is 0 Å². The molecule has 2 rings (SSSR count). The molecular formula is C13H13Cl2NOS. The van der Waals surface area contributed by atoms with Gasteiger partial charge in [0.25, 0.3) is 0 Å². The molecule has 0 N–H and O–H groups in total. The van der Waals surface area contributed by atoms with E-state index in [0.717, 1.165) is 33.5 Å². The van der Waals surface area contributed by atoms with Crippen molar-refractivity contribution in [2.45, 2.75) is 25.8 Å². The largest absolute Gasteiger partial charge is 0.486 e. The van der Waals surface area contributed by atoms with Crippen LogP contribution >= 0.6 is 34.5 Å². The Labute approximate surface area is 121 Å². The quantitative estimate of drug-likeness (QED) is 0.748. The van der Waals surface area contributed by atoms with E-state index in [-0.39, 0.29) is 0 Å². The lowest BCUT2D eigenvalue weighted by atomic mass is 10.1. The maximum Gasteiger partial charge on any atom is 0.140 e. The topological polar surface area (TPSA) is 22.1 Å². The van der Waals surface area contributed by atoms with Crippen molar-refractivity contribution < 1.29 is 4.74 Å². The van der Waals surface area contributed by atoms with Crippen molar-refractivity contribution >= 4 is 34.5 Å². The third-order valence-electron chi connectivity index (χ3n) is 2.50. The number of alkyl halides is 1. The third kappa shape index (κ3) is 3.37. The lowest BCUT2D eigenvalue weighted by Gasteiger charge is -2.07. The molecule has 18 heavy (non-hydrogen) atoms. The third-order valence-corrected chi connectivity index (χ3v) is 4.01. The van der Waals surface area contributed by atoms with Gasteiger partial charge in [0.15, 0.2) is 0 Å². The monoisotopic (exact) mass is 301 g/mol. The average Bonchev–Trinajstić information content (AvgIpc) is 2.86. The van der Waals surface area contributed by atoms with Crippen molar-refractivity contribution in [3.63, 3.8) is 0 Å². The van der Waals surface area contributed by atoms with Crippen LogP contribution < -0.4 is 4.74 Å². The summed E-state index contributed by atoms with van der Waals surface area (Å²) in [7, 11) is 0. The Morgan fingerprint density at radius 3 is 2.89 bits per heavy atom. The first kappa shape index (κ1) is 13.7. The number of rotatable bonds is 5. The van der Waals surface area contributed by atoms with Crippen molar-refractivity contribution in [3.8, 4) is 5.75 Å². The van der Waals surface area contributed by atoms with E-state index < -0.39 is 0 Å². The highest BCUT2D eigenvalue weighted by Gasteiger charge is 2.04. The van der Waals surface area contributed by atoms with E-state index in [0.29, 0.717) is 12.5 Å². The molecule has 1 heterocycles. The Kier molecular flexibility index (Phi) is 4.87. The number of ether oxygens (including phenoxy) is 1. The van der Waals surface area contributed by atoms with Crippen LogP contribution in [0.25, 0.3) is 0 Å². The van der Waals surface area contributed by atoms with Crippen LogP contribution in [0.4, 0.5) is 0 Å². The minimum atomic E-state index is 0.442. The Hall–Kier alpha value is -0.770. The standard InChI is InChI=1S/C13H13Cl2NOS/c1-2-9-5-11(3-4-12(9)15)17-7-13-16-10(6-14)8-18-13/h3-5,8H,2,6-7H2,1H3. The van der Waals surface area contributed by atoms with Crippen molar-refractivity contribution in [1.82, 2.24) is 4.98 Å². The van der Waals surface area contributed by atoms with Crippen LogP contribution in [-0.2, 0) is 18.9 Å². The average molecular weight is 302 g/mol. The number of aryl methyl sites for hydroxylation is 1. The van der Waals surface area contributed by atoms with Gasteiger partial charge in [-0.2, -0.15) is 0 Å². The van der Waals surface area contributed by atoms with Crippen LogP contribution in [0, 0.1) is 0 Å². The zero-order valence-corrected chi connectivity index (χ0v) is 12.3. The molecule has 5 heteroatoms. The van der Waals surface area contributed by atoms with Gasteiger partial charge in [0.1, 0.15) is 17.4 Å². The summed E-state index contributed by atoms with van der Waals surface area (Å²) in [6.45, 7) is 2.53. The van der Waals surface area contributed by atoms with Gasteiger partial charge in [0, 0.05) is 10.4 Å². The molecule has 0 saturated carbocycles. The summed E-state index contributed by atoms with van der Waals surface area (Å²) in [4.78, 5) is 4.34. The van der Waals surface area contributed by atoms with Crippen LogP contribution in [0.2, 0.25) is 5.02 Å². The zero-order chi connectivity index (χ0) is 13.0. The van der Waals surface area contributed by atoms with Gasteiger partial charge in [0.05, 0.1) is 11.6 Å². The molecule has 0 aliphatic rings. The minimum absolute atomic E-state index is 0.442. The fraction of sp³-hybridized carbons (Fsp3) is 0.308. The first-order chi connectivity index (χ1) is 8.72. The van der Waals surface area contributed by atoms with Crippen LogP contribution in [0.5, 0.6) is 5.75 Å². The fourth-order valence-corrected chi connectivity index (χ4v) is 2.72. The summed E-state index contributed by atoms with van der Waals surface area (Å²) in [6.07, 6.45) is 0.893. The summed E-state index contributed by atoms with van der Waals surface area (Å²) in [5.74, 6) is 1.26. The van der Waals surface area contributed by atoms with Crippen molar-refractivity contribution in [3.05, 3.63) is 44.9 Å². The molecule has 0 amide bonds. The minimum Gasteiger partial charge on any atom is -0.486 e. The molecule has 2 nitrogen and oxygen atoms in total. The van der Waals surface area contributed by atoms with Gasteiger partial charge in [-0.1, -0.05) is 18.5 Å². The highest BCUT2D eigenvalue weighted by Crippen LogP contribution is 2.23. The van der Waals surface area contributed by atoms with Crippen LogP contribution in [0.1, 0.15) is 23.2 Å². The summed E-state index contributed by atoms with van der Waals surface area (Å²) < 4.78 is 5.69. The van der Waals surface area contributed by atoms with Crippen LogP contribution in [0.15, 0.2) is 23.6 Å². The summed E-state index contributed by atoms with van der Waals surface area (Å²) in [5, 5.41) is 3.66. The van der Waals surface area contributed by atoms with Crippen molar-refractivity contribution in [2.24, 2.45) is 0 Å². The smallest absolute Gasteiger partial charge is 0.140 e. The number of hydrogen-bond acceptors (Lipinski definition) is 3. The fourth-order valence-electron chi connectivity index (χ4n) is 1.53. The van der Waals surface area contributed by atoms with Crippen molar-refractivity contribution in [1.29, 1.82) is 0 Å². The molecular weight excluding hydrogens is 289 g/mol. The van der Waals surface area contributed by atoms with E-state index >= 15 is 0 Å². The second-order valence-corrected chi connectivity index (χ2v) is 5.38. The second-order valence-electron chi connectivity index (χ2n) is 3.76. The Morgan fingerprint density at radius 1 is 1.39 bits per heavy atom. The summed E-state index contributed by atoms with van der Waals surface area (Å²) in [5.41, 5.74) is 1.99. The highest BCUT2D eigenvalue weighted by molar-refractivity contribution is 7.09. The van der Waals surface area contributed by atoms with Gasteiger partial charge in [-0.25, -0.2) is 4.98 Å². The Balaban J connectivity index is 2.01. The van der Waals surface area contributed by atoms with E-state index in [2.05, 4.69) is 11.9 Å². The van der Waals surface area contributed by atoms with E-state index in [1.165, 1.54) is 0 Å². The maximum absolute atomic E-state index is 6.06. The Bertz CT molecular complexity index is 527. The lowest BCUT2D eigenvalue weighted by Crippen LogP contribution is -1.96. The highest BCUT2D eigenvalue weighted by atomic mass is 35.5. The number of hydrogen-bond donors (Lipinski definition) is 0. The van der Waals surface area contributed by atoms with E-state index in [9.17, 15) is 0 Å². The number of aromatic nitrogens is 1. The zero-order valence-electron chi connectivity index (χ0n) is 9.95. The number of nitrogens with zero attached hydrogens (tertiary/aromatic N) is 1. The van der Waals surface area contributed by atoms with E-state index in [1.54, 1.807) is 11.3 Å². The molecule has 0 atom stereocenters. The van der Waals surface area contributed by atoms with Crippen LogP contribution in [-0.4, -0.2) is 4.98 Å². The molecule has 0 fully saturated rings. The molecule has 1 aromatic heterocycles. The maximum atomic E-state index is 6.06. The number of halogens is 2. The van der Waals surface area contributed by atoms with E-state index in [1.807, 2.05) is 23.6 Å². The molecule has 0 unspecified atom stereocenters. The van der Waals surface area contributed by atoms with Gasteiger partial charge in [-0.3, -0.25) is 0 Å². The number of benzene rings is 1. The molecule has 96 valence electrons. The second kappa shape index (κ2) is 6.41. The molecule has 1 aromatic carbocycles. The molecule has 0 saturated heterocycles. The summed E-state index contributed by atoms with van der Waals surface area (Å²) in [6, 6.07) is 5.71. The predicted molar refractivity (Wildman–Crippen MR) is 76.8 cm³/mol. The Morgan fingerprint density at radius 2 is 2.22 bits per heavy atom. The molecule has 0 aliphatic carbocycles. The van der Waals surface area contributed by atoms with Crippen LogP contribution in [0.3, 0.4) is 0 Å². The lowest BCUT2D eigenvalue weighted by molar-refractivity contribution is 0.305. The van der Waals surface area contributed by atoms with Gasteiger partial charge in [0.2, 0.25) is 0 Å². The van der Waals surface area contributed by atoms with Gasteiger partial charge < -0.3 is 4.74 Å². The molecule has 0 radical (unpaired) electrons. The van der Waals surface area contributed by atoms with Gasteiger partial charge in [-0.05, 0) is 30.2 Å². The molecule has 0 bridgehead atoms. The van der Waals surface area contributed by atoms with Gasteiger partial charge in [-0.15, -0.1) is 22.9 Å². The first-order valence-electron chi connectivity index (χ1n) is 5.63. The number of thiazole rings is 1. The van der Waals surface area contributed by atoms with E-state index in [4.69, 9.17) is 27.9 Å². The summed E-state index contributed by atoms with van der Waals surface area (Å²) >= 11 is 13.3. The normalized spacial score (nSPS) is 10.6. The first-order valence-corrected chi connectivity index (χ1v) is 7.42. The molecule has 2 aromatic rings. The van der Waals surface area contributed by atoms with Crippen molar-refractivity contribution in [2.75, 3.05) is 0 Å². The molecule has 0 spiro atoms. The SMILES string of the molecule is CCc1cc(OCc2nc(CCl)cs2)ccc1Cl.